The van der Waals surface area contributed by atoms with E-state index in [0.29, 0.717) is 18.8 Å². The Bertz CT molecular complexity index is 659. The third-order valence-electron chi connectivity index (χ3n) is 3.03. The number of rotatable bonds is 4. The molecule has 1 fully saturated rings. The molecule has 3 rings (SSSR count). The van der Waals surface area contributed by atoms with Gasteiger partial charge in [-0.05, 0) is 6.42 Å². The topological polar surface area (TPSA) is 101 Å². The number of nitrogens with zero attached hydrogens (tertiary/aromatic N) is 4. The molecule has 0 bridgehead atoms. The zero-order valence-electron chi connectivity index (χ0n) is 10.5. The van der Waals surface area contributed by atoms with Gasteiger partial charge in [-0.15, -0.1) is 0 Å². The van der Waals surface area contributed by atoms with Gasteiger partial charge < -0.3 is 9.72 Å². The Morgan fingerprint density at radius 1 is 1.30 bits per heavy atom. The van der Waals surface area contributed by atoms with Gasteiger partial charge in [0.25, 0.3) is 10.0 Å². The molecule has 1 N–H and O–H groups in total. The summed E-state index contributed by atoms with van der Waals surface area (Å²) in [6.45, 7) is 0.699. The molecule has 0 amide bonds. The highest BCUT2D eigenvalue weighted by molar-refractivity contribution is 7.89. The van der Waals surface area contributed by atoms with Crippen molar-refractivity contribution in [3.05, 3.63) is 31.1 Å². The molecule has 1 atom stereocenters. The van der Waals surface area contributed by atoms with Gasteiger partial charge >= 0.3 is 0 Å². The Hall–Kier alpha value is -2.00. The molecule has 0 radical (unpaired) electrons. The van der Waals surface area contributed by atoms with E-state index in [4.69, 9.17) is 4.74 Å². The first-order valence-electron chi connectivity index (χ1n) is 6.07. The molecule has 1 aliphatic heterocycles. The van der Waals surface area contributed by atoms with Crippen molar-refractivity contribution in [2.45, 2.75) is 17.6 Å². The zero-order chi connectivity index (χ0) is 14.0. The van der Waals surface area contributed by atoms with Crippen LogP contribution in [0.4, 0.5) is 0 Å². The van der Waals surface area contributed by atoms with Gasteiger partial charge in [-0.3, -0.25) is 4.98 Å². The molecule has 2 aromatic heterocycles. The summed E-state index contributed by atoms with van der Waals surface area (Å²) in [6, 6.07) is 0. The van der Waals surface area contributed by atoms with E-state index in [9.17, 15) is 8.42 Å². The van der Waals surface area contributed by atoms with Gasteiger partial charge in [0.1, 0.15) is 6.10 Å². The molecule has 2 aromatic rings. The van der Waals surface area contributed by atoms with Gasteiger partial charge in [-0.1, -0.05) is 0 Å². The number of hydrogen-bond acceptors (Lipinski definition) is 6. The van der Waals surface area contributed by atoms with Gasteiger partial charge in [0.05, 0.1) is 25.3 Å². The van der Waals surface area contributed by atoms with Crippen LogP contribution in [0.15, 0.2) is 36.1 Å². The minimum Gasteiger partial charge on any atom is -0.472 e. The Labute approximate surface area is 115 Å². The fourth-order valence-corrected chi connectivity index (χ4v) is 3.43. The monoisotopic (exact) mass is 295 g/mol. The van der Waals surface area contributed by atoms with Gasteiger partial charge in [0, 0.05) is 18.9 Å². The van der Waals surface area contributed by atoms with Gasteiger partial charge in [0.15, 0.2) is 5.03 Å². The first-order chi connectivity index (χ1) is 9.66. The SMILES string of the molecule is O=S(=O)(c1cnc[nH]1)N1CCC(Oc2cnccn2)C1. The fraction of sp³-hybridized carbons (Fsp3) is 0.364. The molecule has 8 nitrogen and oxygen atoms in total. The van der Waals surface area contributed by atoms with Crippen molar-refractivity contribution in [1.29, 1.82) is 0 Å². The number of H-pyrrole nitrogens is 1. The maximum Gasteiger partial charge on any atom is 0.260 e. The molecule has 1 saturated heterocycles. The molecule has 0 spiro atoms. The number of nitrogens with one attached hydrogen (secondary N) is 1. The van der Waals surface area contributed by atoms with E-state index in [0.717, 1.165) is 0 Å². The minimum atomic E-state index is -3.52. The number of aromatic nitrogens is 4. The van der Waals surface area contributed by atoms with Crippen LogP contribution in [0.1, 0.15) is 6.42 Å². The van der Waals surface area contributed by atoms with Gasteiger partial charge in [-0.25, -0.2) is 18.4 Å². The van der Waals surface area contributed by atoms with Crippen molar-refractivity contribution in [2.24, 2.45) is 0 Å². The average molecular weight is 295 g/mol. The molecular formula is C11H13N5O3S. The van der Waals surface area contributed by atoms with Crippen LogP contribution in [0.25, 0.3) is 0 Å². The molecule has 0 aromatic carbocycles. The Kier molecular flexibility index (Phi) is 3.36. The second kappa shape index (κ2) is 5.17. The van der Waals surface area contributed by atoms with E-state index >= 15 is 0 Å². The van der Waals surface area contributed by atoms with Crippen molar-refractivity contribution in [1.82, 2.24) is 24.2 Å². The summed E-state index contributed by atoms with van der Waals surface area (Å²) in [6.07, 6.45) is 7.63. The molecule has 3 heterocycles. The molecule has 1 unspecified atom stereocenters. The lowest BCUT2D eigenvalue weighted by atomic mass is 10.3. The lowest BCUT2D eigenvalue weighted by Gasteiger charge is -2.15. The third-order valence-corrected chi connectivity index (χ3v) is 4.82. The first kappa shape index (κ1) is 13.0. The standard InChI is InChI=1S/C11H13N5O3S/c17-20(18,11-6-13-8-15-11)16-4-1-9(7-16)19-10-5-12-2-3-14-10/h2-3,5-6,8-9H,1,4,7H2,(H,13,15). The van der Waals surface area contributed by atoms with Crippen LogP contribution < -0.4 is 4.74 Å². The van der Waals surface area contributed by atoms with Crippen LogP contribution in [-0.2, 0) is 10.0 Å². The fourth-order valence-electron chi connectivity index (χ4n) is 2.05. The molecule has 9 heteroatoms. The van der Waals surface area contributed by atoms with E-state index in [2.05, 4.69) is 19.9 Å². The Balaban J connectivity index is 1.68. The smallest absolute Gasteiger partial charge is 0.260 e. The summed E-state index contributed by atoms with van der Waals surface area (Å²) >= 11 is 0. The van der Waals surface area contributed by atoms with Crippen molar-refractivity contribution in [3.63, 3.8) is 0 Å². The average Bonchev–Trinajstić information content (AvgIpc) is 3.11. The number of hydrogen-bond donors (Lipinski definition) is 1. The highest BCUT2D eigenvalue weighted by Crippen LogP contribution is 2.21. The van der Waals surface area contributed by atoms with Crippen LogP contribution in [-0.4, -0.2) is 51.9 Å². The Morgan fingerprint density at radius 2 is 2.20 bits per heavy atom. The molecule has 0 aliphatic carbocycles. The minimum absolute atomic E-state index is 0.0950. The lowest BCUT2D eigenvalue weighted by molar-refractivity contribution is 0.206. The second-order valence-electron chi connectivity index (χ2n) is 4.35. The van der Waals surface area contributed by atoms with Gasteiger partial charge in [-0.2, -0.15) is 4.31 Å². The van der Waals surface area contributed by atoms with E-state index in [1.807, 2.05) is 0 Å². The van der Waals surface area contributed by atoms with E-state index in [1.165, 1.54) is 29.2 Å². The van der Waals surface area contributed by atoms with Crippen molar-refractivity contribution >= 4 is 10.0 Å². The predicted molar refractivity (Wildman–Crippen MR) is 68.4 cm³/mol. The van der Waals surface area contributed by atoms with Crippen LogP contribution in [0.2, 0.25) is 0 Å². The first-order valence-corrected chi connectivity index (χ1v) is 7.51. The number of sulfonamides is 1. The summed E-state index contributed by atoms with van der Waals surface area (Å²) < 4.78 is 31.5. The van der Waals surface area contributed by atoms with E-state index in [-0.39, 0.29) is 17.7 Å². The predicted octanol–water partition coefficient (Wildman–Crippen LogP) is 0.0417. The summed E-state index contributed by atoms with van der Waals surface area (Å²) in [5, 5.41) is 0.0950. The van der Waals surface area contributed by atoms with Crippen LogP contribution >= 0.6 is 0 Å². The largest absolute Gasteiger partial charge is 0.472 e. The van der Waals surface area contributed by atoms with Crippen LogP contribution in [0, 0.1) is 0 Å². The normalized spacial score (nSPS) is 20.1. The van der Waals surface area contributed by atoms with E-state index < -0.39 is 10.0 Å². The molecule has 106 valence electrons. The highest BCUT2D eigenvalue weighted by atomic mass is 32.2. The van der Waals surface area contributed by atoms with Crippen LogP contribution in [0.3, 0.4) is 0 Å². The van der Waals surface area contributed by atoms with Gasteiger partial charge in [0.2, 0.25) is 5.88 Å². The number of imidazole rings is 1. The van der Waals surface area contributed by atoms with Crippen molar-refractivity contribution < 1.29 is 13.2 Å². The lowest BCUT2D eigenvalue weighted by Crippen LogP contribution is -2.31. The Morgan fingerprint density at radius 3 is 2.90 bits per heavy atom. The quantitative estimate of drug-likeness (QED) is 0.854. The van der Waals surface area contributed by atoms with Crippen molar-refractivity contribution in [3.8, 4) is 5.88 Å². The molecule has 20 heavy (non-hydrogen) atoms. The summed E-state index contributed by atoms with van der Waals surface area (Å²) in [7, 11) is -3.52. The molecule has 1 aliphatic rings. The van der Waals surface area contributed by atoms with Crippen LogP contribution in [0.5, 0.6) is 5.88 Å². The number of ether oxygens (including phenoxy) is 1. The molecule has 0 saturated carbocycles. The highest BCUT2D eigenvalue weighted by Gasteiger charge is 2.34. The summed E-state index contributed by atoms with van der Waals surface area (Å²) in [4.78, 5) is 14.3. The zero-order valence-corrected chi connectivity index (χ0v) is 11.3. The second-order valence-corrected chi connectivity index (χ2v) is 6.26. The van der Waals surface area contributed by atoms with Crippen molar-refractivity contribution in [2.75, 3.05) is 13.1 Å². The molecular weight excluding hydrogens is 282 g/mol. The summed E-state index contributed by atoms with van der Waals surface area (Å²) in [5.74, 6) is 0.401. The maximum atomic E-state index is 12.3. The summed E-state index contributed by atoms with van der Waals surface area (Å²) in [5.41, 5.74) is 0. The van der Waals surface area contributed by atoms with E-state index in [1.54, 1.807) is 6.20 Å². The number of aromatic amines is 1. The third kappa shape index (κ3) is 2.49. The maximum absolute atomic E-state index is 12.3.